The van der Waals surface area contributed by atoms with Crippen molar-refractivity contribution in [2.45, 2.75) is 100 Å². The summed E-state index contributed by atoms with van der Waals surface area (Å²) in [7, 11) is -4.41. The fourth-order valence-corrected chi connectivity index (χ4v) is 4.35. The number of hydrogen-bond donors (Lipinski definition) is 4. The average Bonchev–Trinajstić information content (AvgIpc) is 3.01. The van der Waals surface area contributed by atoms with Crippen molar-refractivity contribution >= 4 is 22.0 Å². The molecule has 3 rings (SSSR count). The number of hydrogen-bond acceptors (Lipinski definition) is 6. The molecule has 246 valence electrons. The number of carbonyl (C=O) groups is 2. The average molecular weight is 634 g/mol. The number of aliphatic carboxylic acids is 1. The van der Waals surface area contributed by atoms with E-state index in [-0.39, 0.29) is 22.6 Å². The standard InChI is InChI=1S/C26H27NO8S.4C2H6/c1-14-11-20(12-15(2)23(14)28)35-24-16(3)9-18(10-17(24)4)13-22(26(30)31)27-25(29)19-5-7-21(8-6-19)36(32,33)34;4*1-2/h5-12,22,28H,13H2,1-4H3,(H,27,29)(H,30,31)(H,32,33,34);4*1-2H3. The van der Waals surface area contributed by atoms with Crippen molar-refractivity contribution in [3.05, 3.63) is 81.9 Å². The van der Waals surface area contributed by atoms with Crippen LogP contribution in [0.25, 0.3) is 0 Å². The number of phenolic OH excluding ortho intramolecular Hbond substituents is 1. The monoisotopic (exact) mass is 633 g/mol. The summed E-state index contributed by atoms with van der Waals surface area (Å²) in [6.45, 7) is 23.2. The lowest BCUT2D eigenvalue weighted by Crippen LogP contribution is -2.42. The number of carboxylic acids is 1. The van der Waals surface area contributed by atoms with E-state index in [1.807, 2.05) is 69.2 Å². The molecule has 10 heteroatoms. The van der Waals surface area contributed by atoms with Gasteiger partial charge in [-0.2, -0.15) is 8.42 Å². The Balaban J connectivity index is 0. The number of aromatic hydroxyl groups is 1. The van der Waals surface area contributed by atoms with Gasteiger partial charge in [-0.25, -0.2) is 4.79 Å². The SMILES string of the molecule is CC.CC.CC.CC.Cc1cc(Oc2c(C)cc(CC(NC(=O)c3ccc(S(=O)(=O)O)cc3)C(=O)O)cc2C)cc(C)c1O. The van der Waals surface area contributed by atoms with Crippen molar-refractivity contribution in [2.24, 2.45) is 0 Å². The van der Waals surface area contributed by atoms with Gasteiger partial charge in [0.2, 0.25) is 0 Å². The van der Waals surface area contributed by atoms with Crippen LogP contribution in [-0.4, -0.2) is 41.1 Å². The third kappa shape index (κ3) is 12.8. The van der Waals surface area contributed by atoms with E-state index in [0.717, 1.165) is 23.3 Å². The number of aryl methyl sites for hydroxylation is 4. The second-order valence-electron chi connectivity index (χ2n) is 8.63. The molecule has 0 aliphatic heterocycles. The van der Waals surface area contributed by atoms with Gasteiger partial charge in [-0.05, 0) is 91.9 Å². The van der Waals surface area contributed by atoms with E-state index < -0.39 is 28.0 Å². The normalized spacial score (nSPS) is 10.5. The highest BCUT2D eigenvalue weighted by Crippen LogP contribution is 2.34. The highest BCUT2D eigenvalue weighted by atomic mass is 32.2. The van der Waals surface area contributed by atoms with Crippen molar-refractivity contribution in [1.29, 1.82) is 0 Å². The summed E-state index contributed by atoms with van der Waals surface area (Å²) in [4.78, 5) is 24.0. The Morgan fingerprint density at radius 1 is 0.773 bits per heavy atom. The van der Waals surface area contributed by atoms with Gasteiger partial charge < -0.3 is 20.3 Å². The number of nitrogens with one attached hydrogen (secondary N) is 1. The molecule has 0 saturated heterocycles. The van der Waals surface area contributed by atoms with Gasteiger partial charge >= 0.3 is 5.97 Å². The zero-order chi connectivity index (χ0) is 34.8. The lowest BCUT2D eigenvalue weighted by Gasteiger charge is -2.18. The molecule has 1 atom stereocenters. The Labute approximate surface area is 264 Å². The Morgan fingerprint density at radius 3 is 1.59 bits per heavy atom. The molecule has 1 unspecified atom stereocenters. The molecular weight excluding hydrogens is 582 g/mol. The van der Waals surface area contributed by atoms with Crippen molar-refractivity contribution in [3.63, 3.8) is 0 Å². The molecule has 9 nitrogen and oxygen atoms in total. The molecular formula is C34H51NO8S. The van der Waals surface area contributed by atoms with Crippen LogP contribution in [0.5, 0.6) is 17.2 Å². The Morgan fingerprint density at radius 2 is 1.20 bits per heavy atom. The highest BCUT2D eigenvalue weighted by Gasteiger charge is 2.23. The molecule has 44 heavy (non-hydrogen) atoms. The number of ether oxygens (including phenoxy) is 1. The molecule has 1 amide bonds. The van der Waals surface area contributed by atoms with Crippen LogP contribution in [0.3, 0.4) is 0 Å². The molecule has 0 aliphatic carbocycles. The van der Waals surface area contributed by atoms with Gasteiger partial charge in [0.15, 0.2) is 0 Å². The minimum Gasteiger partial charge on any atom is -0.507 e. The van der Waals surface area contributed by atoms with Crippen LogP contribution in [0.15, 0.2) is 53.4 Å². The van der Waals surface area contributed by atoms with E-state index in [9.17, 15) is 28.2 Å². The molecule has 0 saturated carbocycles. The molecule has 0 radical (unpaired) electrons. The quantitative estimate of drug-likeness (QED) is 0.181. The third-order valence-electron chi connectivity index (χ3n) is 5.66. The third-order valence-corrected chi connectivity index (χ3v) is 6.53. The summed E-state index contributed by atoms with van der Waals surface area (Å²) in [5, 5.41) is 22.1. The van der Waals surface area contributed by atoms with Crippen LogP contribution in [0, 0.1) is 27.7 Å². The number of amides is 1. The lowest BCUT2D eigenvalue weighted by molar-refractivity contribution is -0.139. The maximum atomic E-state index is 12.6. The van der Waals surface area contributed by atoms with Crippen molar-refractivity contribution in [2.75, 3.05) is 0 Å². The fraction of sp³-hybridized carbons (Fsp3) is 0.412. The number of phenols is 1. The summed E-state index contributed by atoms with van der Waals surface area (Å²) in [6, 6.07) is 10.3. The van der Waals surface area contributed by atoms with Crippen LogP contribution in [0.2, 0.25) is 0 Å². The first kappa shape index (κ1) is 42.2. The lowest BCUT2D eigenvalue weighted by atomic mass is 9.99. The first-order chi connectivity index (χ1) is 20.8. The predicted octanol–water partition coefficient (Wildman–Crippen LogP) is 8.20. The largest absolute Gasteiger partial charge is 0.507 e. The van der Waals surface area contributed by atoms with Crippen LogP contribution in [0.1, 0.15) is 93.6 Å². The number of carbonyl (C=O) groups excluding carboxylic acids is 1. The molecule has 0 bridgehead atoms. The second kappa shape index (κ2) is 20.9. The van der Waals surface area contributed by atoms with E-state index in [4.69, 9.17) is 9.29 Å². The molecule has 0 fully saturated rings. The first-order valence-electron chi connectivity index (χ1n) is 15.0. The number of carboxylic acid groups (broad SMARTS) is 1. The summed E-state index contributed by atoms with van der Waals surface area (Å²) in [5.41, 5.74) is 3.62. The topological polar surface area (TPSA) is 150 Å². The molecule has 0 spiro atoms. The van der Waals surface area contributed by atoms with Crippen LogP contribution in [-0.2, 0) is 21.3 Å². The number of benzene rings is 3. The zero-order valence-electron chi connectivity index (χ0n) is 28.2. The van der Waals surface area contributed by atoms with E-state index >= 15 is 0 Å². The predicted molar refractivity (Wildman–Crippen MR) is 178 cm³/mol. The molecule has 3 aromatic carbocycles. The van der Waals surface area contributed by atoms with E-state index in [2.05, 4.69) is 5.32 Å². The van der Waals surface area contributed by atoms with Gasteiger partial charge in [0.1, 0.15) is 23.3 Å². The highest BCUT2D eigenvalue weighted by molar-refractivity contribution is 7.85. The van der Waals surface area contributed by atoms with Gasteiger partial charge in [0, 0.05) is 12.0 Å². The van der Waals surface area contributed by atoms with E-state index in [0.29, 0.717) is 28.2 Å². The van der Waals surface area contributed by atoms with E-state index in [1.165, 1.54) is 12.1 Å². The van der Waals surface area contributed by atoms with Crippen LogP contribution >= 0.6 is 0 Å². The summed E-state index contributed by atoms with van der Waals surface area (Å²) < 4.78 is 37.5. The summed E-state index contributed by atoms with van der Waals surface area (Å²) in [5.74, 6) is -0.544. The fourth-order valence-electron chi connectivity index (χ4n) is 3.87. The molecule has 0 aliphatic rings. The van der Waals surface area contributed by atoms with Gasteiger partial charge in [0.25, 0.3) is 16.0 Å². The summed E-state index contributed by atoms with van der Waals surface area (Å²) >= 11 is 0. The Kier molecular flexibility index (Phi) is 20.1. The van der Waals surface area contributed by atoms with Crippen molar-refractivity contribution in [1.82, 2.24) is 5.32 Å². The van der Waals surface area contributed by atoms with Gasteiger partial charge in [-0.15, -0.1) is 0 Å². The maximum Gasteiger partial charge on any atom is 0.326 e. The van der Waals surface area contributed by atoms with Crippen molar-refractivity contribution in [3.8, 4) is 17.2 Å². The maximum absolute atomic E-state index is 12.6. The van der Waals surface area contributed by atoms with Gasteiger partial charge in [0.05, 0.1) is 4.90 Å². The van der Waals surface area contributed by atoms with Crippen LogP contribution in [0.4, 0.5) is 0 Å². The summed E-state index contributed by atoms with van der Waals surface area (Å²) in [6.07, 6.45) is 0.00353. The number of rotatable bonds is 8. The Bertz CT molecular complexity index is 1390. The minimum absolute atomic E-state index is 0.00353. The molecule has 4 N–H and O–H groups in total. The van der Waals surface area contributed by atoms with E-state index in [1.54, 1.807) is 38.1 Å². The minimum atomic E-state index is -4.41. The van der Waals surface area contributed by atoms with Crippen LogP contribution < -0.4 is 10.1 Å². The first-order valence-corrected chi connectivity index (χ1v) is 16.4. The smallest absolute Gasteiger partial charge is 0.326 e. The molecule has 0 heterocycles. The molecule has 0 aromatic heterocycles. The van der Waals surface area contributed by atoms with Gasteiger partial charge in [-0.1, -0.05) is 67.5 Å². The molecule has 3 aromatic rings. The Hall–Kier alpha value is -3.89. The zero-order valence-corrected chi connectivity index (χ0v) is 29.0. The van der Waals surface area contributed by atoms with Gasteiger partial charge in [-0.3, -0.25) is 9.35 Å². The van der Waals surface area contributed by atoms with Crippen molar-refractivity contribution < 1.29 is 37.5 Å². The second-order valence-corrected chi connectivity index (χ2v) is 10.1.